The lowest BCUT2D eigenvalue weighted by Crippen LogP contribution is -2.61. The van der Waals surface area contributed by atoms with Crippen LogP contribution >= 0.6 is 0 Å². The highest BCUT2D eigenvalue weighted by molar-refractivity contribution is 5.76. The van der Waals surface area contributed by atoms with Gasteiger partial charge in [0, 0.05) is 51.1 Å². The van der Waals surface area contributed by atoms with Crippen LogP contribution in [0, 0.1) is 0 Å². The number of anilines is 1. The van der Waals surface area contributed by atoms with Gasteiger partial charge in [0.2, 0.25) is 5.91 Å². The van der Waals surface area contributed by atoms with Gasteiger partial charge in [0.15, 0.2) is 11.5 Å². The first-order valence-corrected chi connectivity index (χ1v) is 10.0. The van der Waals surface area contributed by atoms with Crippen LogP contribution in [-0.2, 0) is 4.79 Å². The first-order chi connectivity index (χ1) is 13.1. The SMILES string of the molecule is CN(CC1CCCC(=O)N1C)C1CN(c2ccc3nnc(C4CC4)n3n2)C1. The van der Waals surface area contributed by atoms with E-state index in [1.165, 1.54) is 12.8 Å². The second-order valence-electron chi connectivity index (χ2n) is 8.34. The van der Waals surface area contributed by atoms with E-state index < -0.39 is 0 Å². The molecule has 0 radical (unpaired) electrons. The molecule has 2 aliphatic heterocycles. The largest absolute Gasteiger partial charge is 0.352 e. The molecule has 144 valence electrons. The fourth-order valence-corrected chi connectivity index (χ4v) is 4.24. The van der Waals surface area contributed by atoms with Crippen molar-refractivity contribution in [3.8, 4) is 0 Å². The third-order valence-electron chi connectivity index (χ3n) is 6.39. The van der Waals surface area contributed by atoms with E-state index in [0.717, 1.165) is 49.8 Å². The molecule has 2 aromatic rings. The van der Waals surface area contributed by atoms with Crippen LogP contribution in [0.1, 0.15) is 43.8 Å². The van der Waals surface area contributed by atoms with Crippen molar-refractivity contribution in [1.82, 2.24) is 29.6 Å². The highest BCUT2D eigenvalue weighted by Gasteiger charge is 2.35. The van der Waals surface area contributed by atoms with Crippen LogP contribution < -0.4 is 4.90 Å². The van der Waals surface area contributed by atoms with Gasteiger partial charge in [-0.2, -0.15) is 4.52 Å². The minimum Gasteiger partial charge on any atom is -0.352 e. The van der Waals surface area contributed by atoms with Gasteiger partial charge < -0.3 is 9.80 Å². The number of nitrogens with zero attached hydrogens (tertiary/aromatic N) is 7. The number of hydrogen-bond donors (Lipinski definition) is 0. The Balaban J connectivity index is 1.22. The number of likely N-dealkylation sites (tertiary alicyclic amines) is 1. The van der Waals surface area contributed by atoms with Crippen LogP contribution in [0.5, 0.6) is 0 Å². The molecule has 4 heterocycles. The molecule has 27 heavy (non-hydrogen) atoms. The Bertz CT molecular complexity index is 855. The summed E-state index contributed by atoms with van der Waals surface area (Å²) in [6.07, 6.45) is 5.22. The summed E-state index contributed by atoms with van der Waals surface area (Å²) < 4.78 is 1.92. The summed E-state index contributed by atoms with van der Waals surface area (Å²) in [5.41, 5.74) is 0.833. The van der Waals surface area contributed by atoms with Gasteiger partial charge >= 0.3 is 0 Å². The smallest absolute Gasteiger partial charge is 0.222 e. The van der Waals surface area contributed by atoms with Crippen molar-refractivity contribution in [3.05, 3.63) is 18.0 Å². The van der Waals surface area contributed by atoms with Crippen LogP contribution in [0.4, 0.5) is 5.82 Å². The van der Waals surface area contributed by atoms with E-state index in [4.69, 9.17) is 5.10 Å². The molecule has 8 nitrogen and oxygen atoms in total. The lowest BCUT2D eigenvalue weighted by atomic mass is 10.00. The van der Waals surface area contributed by atoms with Crippen molar-refractivity contribution in [2.24, 2.45) is 0 Å². The summed E-state index contributed by atoms with van der Waals surface area (Å²) in [6, 6.07) is 4.92. The standard InChI is InChI=1S/C19H27N7O/c1-23(10-14-4-3-5-18(27)24(14)2)15-11-25(12-15)17-9-8-16-20-21-19(13-6-7-13)26(16)22-17/h8-9,13-15H,3-7,10-12H2,1-2H3. The van der Waals surface area contributed by atoms with Gasteiger partial charge in [-0.3, -0.25) is 9.69 Å². The van der Waals surface area contributed by atoms with Crippen molar-refractivity contribution >= 4 is 17.4 Å². The second-order valence-corrected chi connectivity index (χ2v) is 8.34. The fourth-order valence-electron chi connectivity index (χ4n) is 4.24. The van der Waals surface area contributed by atoms with Gasteiger partial charge in [0.25, 0.3) is 0 Å². The fraction of sp³-hybridized carbons (Fsp3) is 0.684. The topological polar surface area (TPSA) is 69.9 Å². The van der Waals surface area contributed by atoms with Gasteiger partial charge in [-0.1, -0.05) is 0 Å². The average molecular weight is 369 g/mol. The molecular formula is C19H27N7O. The van der Waals surface area contributed by atoms with Crippen LogP contribution in [0.15, 0.2) is 12.1 Å². The molecule has 1 atom stereocenters. The maximum Gasteiger partial charge on any atom is 0.222 e. The van der Waals surface area contributed by atoms with E-state index in [9.17, 15) is 4.79 Å². The van der Waals surface area contributed by atoms with Crippen LogP contribution in [-0.4, -0.2) is 81.3 Å². The second kappa shape index (κ2) is 6.44. The number of piperidine rings is 1. The van der Waals surface area contributed by atoms with Gasteiger partial charge in [0.05, 0.1) is 0 Å². The molecule has 2 saturated heterocycles. The van der Waals surface area contributed by atoms with Crippen LogP contribution in [0.2, 0.25) is 0 Å². The summed E-state index contributed by atoms with van der Waals surface area (Å²) in [4.78, 5) is 18.6. The normalized spacial score (nSPS) is 24.1. The van der Waals surface area contributed by atoms with E-state index >= 15 is 0 Å². The van der Waals surface area contributed by atoms with Crippen LogP contribution in [0.25, 0.3) is 5.65 Å². The van der Waals surface area contributed by atoms with Crippen molar-refractivity contribution in [1.29, 1.82) is 0 Å². The molecule has 1 amide bonds. The Morgan fingerprint density at radius 2 is 2.00 bits per heavy atom. The molecule has 3 fully saturated rings. The van der Waals surface area contributed by atoms with Crippen molar-refractivity contribution in [3.63, 3.8) is 0 Å². The molecular weight excluding hydrogens is 342 g/mol. The highest BCUT2D eigenvalue weighted by Crippen LogP contribution is 2.38. The number of amides is 1. The third kappa shape index (κ3) is 3.05. The van der Waals surface area contributed by atoms with Gasteiger partial charge in [0.1, 0.15) is 5.82 Å². The number of hydrogen-bond acceptors (Lipinski definition) is 6. The quantitative estimate of drug-likeness (QED) is 0.787. The first kappa shape index (κ1) is 16.9. The van der Waals surface area contributed by atoms with Crippen LogP contribution in [0.3, 0.4) is 0 Å². The summed E-state index contributed by atoms with van der Waals surface area (Å²) in [5.74, 6) is 2.82. The molecule has 8 heteroatoms. The highest BCUT2D eigenvalue weighted by atomic mass is 16.2. The number of likely N-dealkylation sites (N-methyl/N-ethyl adjacent to an activating group) is 2. The average Bonchev–Trinajstić information content (AvgIpc) is 3.37. The maximum absolute atomic E-state index is 11.9. The summed E-state index contributed by atoms with van der Waals surface area (Å²) in [6.45, 7) is 2.89. The van der Waals surface area contributed by atoms with Gasteiger partial charge in [-0.25, -0.2) is 0 Å². The van der Waals surface area contributed by atoms with E-state index in [1.54, 1.807) is 0 Å². The van der Waals surface area contributed by atoms with Crippen molar-refractivity contribution in [2.45, 2.75) is 50.1 Å². The summed E-state index contributed by atoms with van der Waals surface area (Å²) >= 11 is 0. The molecule has 0 spiro atoms. The lowest BCUT2D eigenvalue weighted by molar-refractivity contribution is -0.135. The monoisotopic (exact) mass is 369 g/mol. The predicted octanol–water partition coefficient (Wildman–Crippen LogP) is 1.13. The minimum atomic E-state index is 0.285. The molecule has 2 aromatic heterocycles. The molecule has 0 aromatic carbocycles. The third-order valence-corrected chi connectivity index (χ3v) is 6.39. The molecule has 0 N–H and O–H groups in total. The van der Waals surface area contributed by atoms with Gasteiger partial charge in [-0.05, 0) is 44.9 Å². The molecule has 3 aliphatic rings. The molecule has 5 rings (SSSR count). The molecule has 1 unspecified atom stereocenters. The number of aromatic nitrogens is 4. The van der Waals surface area contributed by atoms with E-state index in [2.05, 4.69) is 27.0 Å². The Morgan fingerprint density at radius 1 is 1.19 bits per heavy atom. The Morgan fingerprint density at radius 3 is 2.78 bits per heavy atom. The predicted molar refractivity (Wildman–Crippen MR) is 102 cm³/mol. The van der Waals surface area contributed by atoms with E-state index in [-0.39, 0.29) is 5.91 Å². The molecule has 1 aliphatic carbocycles. The zero-order valence-electron chi connectivity index (χ0n) is 16.1. The Labute approximate surface area is 159 Å². The Kier molecular flexibility index (Phi) is 4.03. The first-order valence-electron chi connectivity index (χ1n) is 10.0. The van der Waals surface area contributed by atoms with E-state index in [0.29, 0.717) is 24.4 Å². The maximum atomic E-state index is 11.9. The van der Waals surface area contributed by atoms with Crippen molar-refractivity contribution < 1.29 is 4.79 Å². The van der Waals surface area contributed by atoms with E-state index in [1.807, 2.05) is 28.6 Å². The number of carbonyl (C=O) groups excluding carboxylic acids is 1. The number of fused-ring (bicyclic) bond motifs is 1. The van der Waals surface area contributed by atoms with Gasteiger partial charge in [-0.15, -0.1) is 15.3 Å². The molecule has 1 saturated carbocycles. The zero-order valence-corrected chi connectivity index (χ0v) is 16.1. The lowest BCUT2D eigenvalue weighted by Gasteiger charge is -2.46. The number of carbonyl (C=O) groups is 1. The van der Waals surface area contributed by atoms with Crippen molar-refractivity contribution in [2.75, 3.05) is 38.6 Å². The number of rotatable bonds is 5. The zero-order chi connectivity index (χ0) is 18.5. The summed E-state index contributed by atoms with van der Waals surface area (Å²) in [7, 11) is 4.12. The molecule has 0 bridgehead atoms. The Hall–Kier alpha value is -2.22. The minimum absolute atomic E-state index is 0.285. The summed E-state index contributed by atoms with van der Waals surface area (Å²) in [5, 5.41) is 13.3.